The molecule has 2 saturated heterocycles. The molecule has 158 valence electrons. The van der Waals surface area contributed by atoms with Crippen molar-refractivity contribution in [2.45, 2.75) is 6.54 Å². The van der Waals surface area contributed by atoms with Crippen LogP contribution in [0.4, 0.5) is 0 Å². The van der Waals surface area contributed by atoms with Crippen LogP contribution in [0, 0.1) is 11.8 Å². The van der Waals surface area contributed by atoms with E-state index in [1.54, 1.807) is 11.3 Å². The minimum Gasteiger partial charge on any atom is -0.431 e. The monoisotopic (exact) mass is 432 g/mol. The fourth-order valence-corrected chi connectivity index (χ4v) is 5.42. The van der Waals surface area contributed by atoms with Crippen molar-refractivity contribution in [3.8, 4) is 10.9 Å². The number of ether oxygens (including phenoxy) is 1. The minimum absolute atomic E-state index is 0.194. The van der Waals surface area contributed by atoms with Gasteiger partial charge in [0.25, 0.3) is 5.19 Å². The summed E-state index contributed by atoms with van der Waals surface area (Å²) >= 11 is 1.56. The first-order valence-corrected chi connectivity index (χ1v) is 11.6. The van der Waals surface area contributed by atoms with Crippen LogP contribution < -0.4 is 10.1 Å². The van der Waals surface area contributed by atoms with E-state index in [1.165, 1.54) is 11.1 Å². The number of nitrogens with zero attached hydrogens (tertiary/aromatic N) is 3. The van der Waals surface area contributed by atoms with Crippen LogP contribution in [0.25, 0.3) is 10.2 Å². The largest absolute Gasteiger partial charge is 0.431 e. The molecule has 7 heteroatoms. The molecular formula is C24H24N4O2S. The molecule has 0 radical (unpaired) electrons. The van der Waals surface area contributed by atoms with E-state index in [0.29, 0.717) is 17.0 Å². The smallest absolute Gasteiger partial charge is 0.279 e. The summed E-state index contributed by atoms with van der Waals surface area (Å²) in [5, 5.41) is 3.86. The van der Waals surface area contributed by atoms with Crippen molar-refractivity contribution in [3.63, 3.8) is 0 Å². The van der Waals surface area contributed by atoms with Gasteiger partial charge < -0.3 is 19.9 Å². The maximum atomic E-state index is 12.5. The van der Waals surface area contributed by atoms with Crippen molar-refractivity contribution < 1.29 is 9.53 Å². The summed E-state index contributed by atoms with van der Waals surface area (Å²) in [7, 11) is 0. The summed E-state index contributed by atoms with van der Waals surface area (Å²) in [6.45, 7) is 5.21. The van der Waals surface area contributed by atoms with Crippen LogP contribution in [0.15, 0.2) is 60.3 Å². The highest BCUT2D eigenvalue weighted by atomic mass is 32.1. The molecule has 1 amide bonds. The van der Waals surface area contributed by atoms with E-state index in [0.717, 1.165) is 55.2 Å². The number of thiazole rings is 1. The second-order valence-corrected chi connectivity index (χ2v) is 9.59. The van der Waals surface area contributed by atoms with E-state index in [-0.39, 0.29) is 5.92 Å². The van der Waals surface area contributed by atoms with Gasteiger partial charge >= 0.3 is 0 Å². The van der Waals surface area contributed by atoms with E-state index in [2.05, 4.69) is 39.6 Å². The third-order valence-electron chi connectivity index (χ3n) is 6.37. The molecule has 1 N–H and O–H groups in total. The summed E-state index contributed by atoms with van der Waals surface area (Å²) in [6.07, 6.45) is 2.27. The van der Waals surface area contributed by atoms with Crippen LogP contribution >= 0.6 is 11.3 Å². The van der Waals surface area contributed by atoms with Gasteiger partial charge in [0.1, 0.15) is 5.75 Å². The molecule has 3 aliphatic rings. The second kappa shape index (κ2) is 7.66. The lowest BCUT2D eigenvalue weighted by atomic mass is 10.0. The zero-order chi connectivity index (χ0) is 20.8. The molecule has 6 rings (SSSR count). The highest BCUT2D eigenvalue weighted by Gasteiger charge is 2.38. The van der Waals surface area contributed by atoms with Gasteiger partial charge in [-0.1, -0.05) is 35.6 Å². The molecule has 1 unspecified atom stereocenters. The number of hydrogen-bond donors (Lipinski definition) is 1. The second-order valence-electron chi connectivity index (χ2n) is 8.60. The lowest BCUT2D eigenvalue weighted by molar-refractivity contribution is -0.136. The van der Waals surface area contributed by atoms with Gasteiger partial charge in [0.05, 0.1) is 16.1 Å². The molecule has 2 aromatic carbocycles. The number of nitrogens with one attached hydrogen (secondary N) is 1. The number of benzene rings is 2. The van der Waals surface area contributed by atoms with Gasteiger partial charge in [0.15, 0.2) is 0 Å². The molecule has 0 aliphatic carbocycles. The average Bonchev–Trinajstić information content (AvgIpc) is 3.40. The molecule has 31 heavy (non-hydrogen) atoms. The Balaban J connectivity index is 1.06. The van der Waals surface area contributed by atoms with Gasteiger partial charge in [-0.05, 0) is 35.4 Å². The summed E-state index contributed by atoms with van der Waals surface area (Å²) in [5.74, 6) is 1.81. The molecule has 0 saturated carbocycles. The van der Waals surface area contributed by atoms with Gasteiger partial charge in [-0.3, -0.25) is 4.79 Å². The lowest BCUT2D eigenvalue weighted by Gasteiger charge is -2.30. The molecule has 1 aromatic heterocycles. The lowest BCUT2D eigenvalue weighted by Crippen LogP contribution is -2.51. The fourth-order valence-electron chi connectivity index (χ4n) is 4.58. The Hall–Kier alpha value is -2.90. The molecule has 2 fully saturated rings. The minimum atomic E-state index is 0.194. The Morgan fingerprint density at radius 3 is 2.71 bits per heavy atom. The quantitative estimate of drug-likeness (QED) is 0.669. The van der Waals surface area contributed by atoms with Crippen molar-refractivity contribution in [2.24, 2.45) is 11.8 Å². The van der Waals surface area contributed by atoms with Gasteiger partial charge in [0, 0.05) is 51.4 Å². The fraction of sp³-hybridized carbons (Fsp3) is 0.333. The van der Waals surface area contributed by atoms with Crippen molar-refractivity contribution in [2.75, 3.05) is 32.7 Å². The van der Waals surface area contributed by atoms with Crippen molar-refractivity contribution >= 4 is 27.5 Å². The van der Waals surface area contributed by atoms with Crippen LogP contribution in [0.1, 0.15) is 5.56 Å². The summed E-state index contributed by atoms with van der Waals surface area (Å²) in [6, 6.07) is 16.3. The van der Waals surface area contributed by atoms with Crippen molar-refractivity contribution in [1.29, 1.82) is 0 Å². The molecule has 6 nitrogen and oxygen atoms in total. The highest BCUT2D eigenvalue weighted by molar-refractivity contribution is 7.20. The first-order chi connectivity index (χ1) is 15.2. The van der Waals surface area contributed by atoms with Gasteiger partial charge in [0.2, 0.25) is 5.91 Å². The van der Waals surface area contributed by atoms with Crippen LogP contribution in [0.3, 0.4) is 0 Å². The average molecular weight is 433 g/mol. The number of likely N-dealkylation sites (tertiary alicyclic amines) is 1. The van der Waals surface area contributed by atoms with Gasteiger partial charge in [-0.2, -0.15) is 0 Å². The first-order valence-electron chi connectivity index (χ1n) is 10.8. The molecule has 4 heterocycles. The molecule has 3 aromatic rings. The topological polar surface area (TPSA) is 57.7 Å². The zero-order valence-corrected chi connectivity index (χ0v) is 18.0. The Morgan fingerprint density at radius 2 is 1.97 bits per heavy atom. The van der Waals surface area contributed by atoms with E-state index < -0.39 is 0 Å². The Kier molecular flexibility index (Phi) is 4.65. The van der Waals surface area contributed by atoms with Gasteiger partial charge in [-0.25, -0.2) is 4.98 Å². The number of carbonyl (C=O) groups excluding carboxylic acids is 1. The van der Waals surface area contributed by atoms with Crippen LogP contribution in [0.2, 0.25) is 0 Å². The number of carbonyl (C=O) groups is 1. The number of aromatic nitrogens is 1. The summed E-state index contributed by atoms with van der Waals surface area (Å²) in [5.41, 5.74) is 3.62. The maximum Gasteiger partial charge on any atom is 0.279 e. The third kappa shape index (κ3) is 3.68. The molecule has 1 atom stereocenters. The molecular weight excluding hydrogens is 408 g/mol. The molecule has 0 bridgehead atoms. The van der Waals surface area contributed by atoms with Crippen molar-refractivity contribution in [1.82, 2.24) is 20.1 Å². The molecule has 0 spiro atoms. The van der Waals surface area contributed by atoms with E-state index >= 15 is 0 Å². The first kappa shape index (κ1) is 18.8. The predicted octanol–water partition coefficient (Wildman–Crippen LogP) is 3.47. The SMILES string of the molecule is O=C(C1CNC1)N1CC2=CN(Cc3ccc(Oc4nc5ccccc5s4)cc3)CC2C1. The van der Waals surface area contributed by atoms with Gasteiger partial charge in [-0.15, -0.1) is 0 Å². The molecule has 3 aliphatic heterocycles. The predicted molar refractivity (Wildman–Crippen MR) is 121 cm³/mol. The standard InChI is InChI=1S/C24H24N4O2S/c29-23(17-9-25-10-17)28-14-18-12-27(13-19(18)15-28)11-16-5-7-20(8-6-16)30-24-26-21-3-1-2-4-22(21)31-24/h1-8,12,17,19,25H,9-11,13-15H2. The Morgan fingerprint density at radius 1 is 1.13 bits per heavy atom. The number of hydrogen-bond acceptors (Lipinski definition) is 6. The van der Waals surface area contributed by atoms with E-state index in [1.807, 2.05) is 35.2 Å². The number of fused-ring (bicyclic) bond motifs is 2. The normalized spacial score (nSPS) is 20.6. The third-order valence-corrected chi connectivity index (χ3v) is 7.29. The number of amides is 1. The van der Waals surface area contributed by atoms with E-state index in [9.17, 15) is 4.79 Å². The summed E-state index contributed by atoms with van der Waals surface area (Å²) in [4.78, 5) is 21.4. The Bertz CT molecular complexity index is 1120. The van der Waals surface area contributed by atoms with Crippen LogP contribution in [-0.2, 0) is 11.3 Å². The van der Waals surface area contributed by atoms with E-state index in [4.69, 9.17) is 4.74 Å². The van der Waals surface area contributed by atoms with Crippen LogP contribution in [-0.4, -0.2) is 53.4 Å². The number of rotatable bonds is 5. The zero-order valence-electron chi connectivity index (χ0n) is 17.2. The Labute approximate surface area is 185 Å². The van der Waals surface area contributed by atoms with Crippen LogP contribution in [0.5, 0.6) is 10.9 Å². The number of para-hydroxylation sites is 1. The van der Waals surface area contributed by atoms with Crippen molar-refractivity contribution in [3.05, 3.63) is 65.9 Å². The summed E-state index contributed by atoms with van der Waals surface area (Å²) < 4.78 is 7.09. The maximum absolute atomic E-state index is 12.5. The highest BCUT2D eigenvalue weighted by Crippen LogP contribution is 2.33.